The summed E-state index contributed by atoms with van der Waals surface area (Å²) < 4.78 is 61.7. The number of nitrogens with zero attached hydrogens (tertiary/aromatic N) is 6. The minimum Gasteiger partial charge on any atom is -0.494 e. The van der Waals surface area contributed by atoms with Gasteiger partial charge in [0.1, 0.15) is 22.7 Å². The van der Waals surface area contributed by atoms with Gasteiger partial charge in [-0.25, -0.2) is 18.4 Å². The lowest BCUT2D eigenvalue weighted by Gasteiger charge is -2.21. The van der Waals surface area contributed by atoms with Gasteiger partial charge in [-0.3, -0.25) is 9.59 Å². The summed E-state index contributed by atoms with van der Waals surface area (Å²) >= 11 is 0. The van der Waals surface area contributed by atoms with E-state index in [0.717, 1.165) is 32.1 Å². The van der Waals surface area contributed by atoms with E-state index in [1.165, 1.54) is 13.2 Å². The molecule has 0 unspecified atom stereocenters. The number of sulfonamides is 1. The maximum Gasteiger partial charge on any atom is 0.329 e. The molecule has 6 rings (SSSR count). The number of aromatic nitrogens is 4. The van der Waals surface area contributed by atoms with Crippen molar-refractivity contribution in [3.63, 3.8) is 0 Å². The van der Waals surface area contributed by atoms with Crippen LogP contribution in [0.4, 0.5) is 14.6 Å². The molecule has 14 nitrogen and oxygen atoms in total. The molecule has 1 aliphatic carbocycles. The zero-order chi connectivity index (χ0) is 35.9. The van der Waals surface area contributed by atoms with Crippen molar-refractivity contribution in [3.8, 4) is 17.3 Å². The predicted molar refractivity (Wildman–Crippen MR) is 186 cm³/mol. The van der Waals surface area contributed by atoms with Crippen LogP contribution in [0.1, 0.15) is 36.0 Å². The Hall–Kier alpha value is -4.35. The highest BCUT2D eigenvalue weighted by atomic mass is 32.2. The average Bonchev–Trinajstić information content (AvgIpc) is 3.52. The molecule has 1 aromatic carbocycles. The highest BCUT2D eigenvalue weighted by Gasteiger charge is 2.32. The minimum atomic E-state index is -4.30. The lowest BCUT2D eigenvalue weighted by Crippen LogP contribution is -2.51. The first-order valence-corrected chi connectivity index (χ1v) is 18.4. The Morgan fingerprint density at radius 1 is 1.10 bits per heavy atom. The lowest BCUT2D eigenvalue weighted by atomic mass is 10.1. The van der Waals surface area contributed by atoms with Gasteiger partial charge in [-0.2, -0.15) is 13.1 Å². The summed E-state index contributed by atoms with van der Waals surface area (Å²) in [7, 11) is 2.96. The fraction of sp³-hybridized carbons (Fsp3) is 0.515. The van der Waals surface area contributed by atoms with Crippen molar-refractivity contribution in [1.29, 1.82) is 0 Å². The number of hydrogen-bond acceptors (Lipinski definition) is 9. The Labute approximate surface area is 289 Å². The van der Waals surface area contributed by atoms with Crippen molar-refractivity contribution in [3.05, 3.63) is 35.9 Å². The average molecular weight is 716 g/mol. The topological polar surface area (TPSA) is 156 Å². The smallest absolute Gasteiger partial charge is 0.329 e. The molecule has 0 radical (unpaired) electrons. The van der Waals surface area contributed by atoms with Crippen molar-refractivity contribution < 1.29 is 31.5 Å². The van der Waals surface area contributed by atoms with Crippen LogP contribution in [0.5, 0.6) is 5.75 Å². The molecular formula is C33H43F2N9O5S. The molecule has 1 aliphatic heterocycles. The lowest BCUT2D eigenvalue weighted by molar-refractivity contribution is -0.121. The molecule has 2 aliphatic rings. The first-order valence-electron chi connectivity index (χ1n) is 16.5. The molecule has 17 heteroatoms. The summed E-state index contributed by atoms with van der Waals surface area (Å²) in [5.74, 6) is 0.537. The number of anilines is 1. The van der Waals surface area contributed by atoms with Crippen molar-refractivity contribution in [2.24, 2.45) is 13.0 Å². The van der Waals surface area contributed by atoms with E-state index in [9.17, 15) is 26.8 Å². The number of aryl methyl sites for hydroxylation is 1. The third-order valence-corrected chi connectivity index (χ3v) is 10.2. The first-order chi connectivity index (χ1) is 23.7. The Kier molecular flexibility index (Phi) is 10.0. The second kappa shape index (κ2) is 14.1. The maximum absolute atomic E-state index is 13.9. The number of rotatable bonds is 14. The normalized spacial score (nSPS) is 18.0. The molecule has 0 bridgehead atoms. The Morgan fingerprint density at radius 2 is 1.82 bits per heavy atom. The van der Waals surface area contributed by atoms with Crippen LogP contribution in [0.3, 0.4) is 0 Å². The molecule has 4 heterocycles. The Morgan fingerprint density at radius 3 is 2.46 bits per heavy atom. The van der Waals surface area contributed by atoms with Crippen LogP contribution in [-0.4, -0.2) is 110 Å². The quantitative estimate of drug-likeness (QED) is 0.167. The van der Waals surface area contributed by atoms with Gasteiger partial charge in [-0.15, -0.1) is 0 Å². The zero-order valence-electron chi connectivity index (χ0n) is 28.7. The number of pyridine rings is 1. The van der Waals surface area contributed by atoms with Crippen LogP contribution in [0.2, 0.25) is 0 Å². The van der Waals surface area contributed by atoms with E-state index < -0.39 is 16.6 Å². The van der Waals surface area contributed by atoms with E-state index in [2.05, 4.69) is 20.9 Å². The predicted octanol–water partition coefficient (Wildman–Crippen LogP) is 2.53. The van der Waals surface area contributed by atoms with Crippen molar-refractivity contribution >= 4 is 49.7 Å². The molecule has 2 atom stereocenters. The number of methoxy groups -OCH3 is 1. The van der Waals surface area contributed by atoms with Gasteiger partial charge in [0, 0.05) is 44.1 Å². The number of halogens is 2. The van der Waals surface area contributed by atoms with Crippen LogP contribution in [0.25, 0.3) is 33.6 Å². The van der Waals surface area contributed by atoms with Crippen LogP contribution in [0.15, 0.2) is 30.3 Å². The fourth-order valence-corrected chi connectivity index (χ4v) is 7.21. The van der Waals surface area contributed by atoms with E-state index in [1.54, 1.807) is 18.2 Å². The molecule has 1 saturated heterocycles. The number of benzene rings is 1. The van der Waals surface area contributed by atoms with E-state index in [4.69, 9.17) is 9.72 Å². The van der Waals surface area contributed by atoms with Gasteiger partial charge in [-0.05, 0) is 76.2 Å². The SMILES string of the molecule is COc1cc(C(=O)N[C@@H]2CNC[C@H]2NC(=O)CCCN(C)C)cc2nc(-c3cc4ccc(N(C(F)F)S(C)(=O)=O)nc4n3CC3CC3)n(C)c12. The van der Waals surface area contributed by atoms with Gasteiger partial charge in [0.15, 0.2) is 5.82 Å². The van der Waals surface area contributed by atoms with Crippen molar-refractivity contribution in [1.82, 2.24) is 40.0 Å². The molecule has 1 saturated carbocycles. The van der Waals surface area contributed by atoms with E-state index >= 15 is 0 Å². The van der Waals surface area contributed by atoms with E-state index in [-0.39, 0.29) is 34.0 Å². The van der Waals surface area contributed by atoms with Crippen molar-refractivity contribution in [2.75, 3.05) is 51.4 Å². The highest BCUT2D eigenvalue weighted by Crippen LogP contribution is 2.38. The van der Waals surface area contributed by atoms with Crippen LogP contribution in [0, 0.1) is 5.92 Å². The van der Waals surface area contributed by atoms with Crippen LogP contribution >= 0.6 is 0 Å². The molecule has 270 valence electrons. The van der Waals surface area contributed by atoms with Crippen LogP contribution in [-0.2, 0) is 28.4 Å². The Balaban J connectivity index is 1.31. The summed E-state index contributed by atoms with van der Waals surface area (Å²) in [5, 5.41) is 9.98. The molecular weight excluding hydrogens is 672 g/mol. The molecule has 3 aromatic heterocycles. The summed E-state index contributed by atoms with van der Waals surface area (Å²) in [6.45, 7) is -0.910. The van der Waals surface area contributed by atoms with Gasteiger partial charge in [0.2, 0.25) is 15.9 Å². The van der Waals surface area contributed by atoms with Gasteiger partial charge in [-0.1, -0.05) is 0 Å². The second-order valence-electron chi connectivity index (χ2n) is 13.4. The molecule has 50 heavy (non-hydrogen) atoms. The number of ether oxygens (including phenoxy) is 1. The number of carbonyl (C=O) groups is 2. The second-order valence-corrected chi connectivity index (χ2v) is 15.2. The molecule has 0 spiro atoms. The van der Waals surface area contributed by atoms with Crippen LogP contribution < -0.4 is 25.0 Å². The number of nitrogens with one attached hydrogen (secondary N) is 3. The monoisotopic (exact) mass is 715 g/mol. The van der Waals surface area contributed by atoms with Gasteiger partial charge in [0.05, 0.1) is 36.7 Å². The van der Waals surface area contributed by atoms with Gasteiger partial charge in [0.25, 0.3) is 5.91 Å². The summed E-state index contributed by atoms with van der Waals surface area (Å²) in [4.78, 5) is 37.5. The largest absolute Gasteiger partial charge is 0.494 e. The van der Waals surface area contributed by atoms with Gasteiger partial charge < -0.3 is 34.7 Å². The summed E-state index contributed by atoms with van der Waals surface area (Å²) in [6, 6.07) is 7.46. The molecule has 2 amide bonds. The standard InChI is InChI=1S/C33H43F2N9O5S/c1-41(2)12-6-7-28(45)37-23-16-36-17-24(23)39-32(46)21-13-22-29(26(15-21)49-4)42(3)31(38-22)25-14-20-10-11-27(44(33(34)35)50(5,47)48)40-30(20)43(25)18-19-8-9-19/h10-11,13-15,19,23-24,33,36H,6-9,12,16-18H2,1-5H3,(H,37,45)(H,39,46)/t23-,24-/m1/s1. The Bertz CT molecular complexity index is 2030. The third kappa shape index (κ3) is 7.39. The fourth-order valence-electron chi connectivity index (χ4n) is 6.48. The number of alkyl halides is 2. The minimum absolute atomic E-state index is 0.0112. The third-order valence-electron chi connectivity index (χ3n) is 9.16. The summed E-state index contributed by atoms with van der Waals surface area (Å²) in [5.41, 5.74) is 2.50. The highest BCUT2D eigenvalue weighted by molar-refractivity contribution is 7.92. The number of amides is 2. The number of hydrogen-bond donors (Lipinski definition) is 3. The first kappa shape index (κ1) is 35.5. The zero-order valence-corrected chi connectivity index (χ0v) is 29.6. The van der Waals surface area contributed by atoms with Gasteiger partial charge >= 0.3 is 6.55 Å². The molecule has 4 aromatic rings. The maximum atomic E-state index is 13.9. The summed E-state index contributed by atoms with van der Waals surface area (Å²) in [6.07, 6.45) is 3.85. The number of imidazole rings is 1. The van der Waals surface area contributed by atoms with E-state index in [1.807, 2.05) is 41.2 Å². The molecule has 2 fully saturated rings. The molecule has 3 N–H and O–H groups in total. The van der Waals surface area contributed by atoms with Crippen molar-refractivity contribution in [2.45, 2.75) is 50.9 Å². The number of fused-ring (bicyclic) bond motifs is 2. The van der Waals surface area contributed by atoms with E-state index in [0.29, 0.717) is 76.9 Å². The number of carbonyl (C=O) groups excluding carboxylic acids is 2.